The zero-order valence-electron chi connectivity index (χ0n) is 20.9. The highest BCUT2D eigenvalue weighted by Gasteiger charge is 2.41. The van der Waals surface area contributed by atoms with Crippen LogP contribution in [-0.2, 0) is 32.1 Å². The van der Waals surface area contributed by atoms with Gasteiger partial charge in [-0.3, -0.25) is 24.2 Å². The predicted molar refractivity (Wildman–Crippen MR) is 132 cm³/mol. The van der Waals surface area contributed by atoms with Gasteiger partial charge in [-0.15, -0.1) is 0 Å². The second-order valence-corrected chi connectivity index (χ2v) is 9.81. The molecule has 3 N–H and O–H groups in total. The van der Waals surface area contributed by atoms with Gasteiger partial charge in [0.2, 0.25) is 23.5 Å². The highest BCUT2D eigenvalue weighted by atomic mass is 19.3. The maximum Gasteiger partial charge on any atom is 0.289 e. The van der Waals surface area contributed by atoms with Gasteiger partial charge in [0, 0.05) is 31.5 Å². The van der Waals surface area contributed by atoms with Crippen molar-refractivity contribution in [1.29, 1.82) is 0 Å². The number of halogens is 2. The average molecular weight is 515 g/mol. The van der Waals surface area contributed by atoms with E-state index in [1.807, 2.05) is 0 Å². The number of benzene rings is 1. The summed E-state index contributed by atoms with van der Waals surface area (Å²) in [6.45, 7) is 2.81. The minimum absolute atomic E-state index is 0.0335. The lowest BCUT2D eigenvalue weighted by atomic mass is 9.87. The number of ketones is 1. The Morgan fingerprint density at radius 3 is 2.27 bits per heavy atom. The normalized spacial score (nSPS) is 16.3. The maximum absolute atomic E-state index is 13.4. The van der Waals surface area contributed by atoms with Gasteiger partial charge in [-0.2, -0.15) is 0 Å². The van der Waals surface area contributed by atoms with E-state index in [9.17, 15) is 28.0 Å². The van der Waals surface area contributed by atoms with Gasteiger partial charge < -0.3 is 16.0 Å². The number of aromatic nitrogens is 1. The van der Waals surface area contributed by atoms with Crippen molar-refractivity contribution < 1.29 is 28.0 Å². The Hall–Kier alpha value is -3.69. The third-order valence-electron chi connectivity index (χ3n) is 6.47. The van der Waals surface area contributed by atoms with Crippen molar-refractivity contribution in [2.45, 2.75) is 70.5 Å². The molecule has 0 unspecified atom stereocenters. The summed E-state index contributed by atoms with van der Waals surface area (Å²) in [5.41, 5.74) is -0.339. The van der Waals surface area contributed by atoms with Gasteiger partial charge in [-0.05, 0) is 44.4 Å². The second-order valence-electron chi connectivity index (χ2n) is 9.81. The summed E-state index contributed by atoms with van der Waals surface area (Å²) < 4.78 is 26.9. The van der Waals surface area contributed by atoms with E-state index in [0.29, 0.717) is 11.3 Å². The Bertz CT molecular complexity index is 1100. The Morgan fingerprint density at radius 1 is 1.00 bits per heavy atom. The van der Waals surface area contributed by atoms with Gasteiger partial charge in [-0.1, -0.05) is 36.4 Å². The summed E-state index contributed by atoms with van der Waals surface area (Å²) in [7, 11) is 0. The van der Waals surface area contributed by atoms with E-state index in [-0.39, 0.29) is 38.6 Å². The standard InChI is InChI=1S/C27H32F2N4O4/c1-26(2,24(36)32-19-11-13-27(28,29)14-12-19)25(37)33-21(16-18-8-4-3-5-9-18)22(34)23(35)31-17-20-10-6-7-15-30-20/h3-10,15,19,21H,11-14,16-17H2,1-2H3,(H,31,35)(H,32,36)(H,33,37)/t21-/m1/s1. The molecule has 8 nitrogen and oxygen atoms in total. The fraction of sp³-hybridized carbons (Fsp3) is 0.444. The molecule has 10 heteroatoms. The summed E-state index contributed by atoms with van der Waals surface area (Å²) in [6, 6.07) is 12.3. The lowest BCUT2D eigenvalue weighted by Crippen LogP contribution is -2.56. The van der Waals surface area contributed by atoms with Gasteiger partial charge >= 0.3 is 0 Å². The van der Waals surface area contributed by atoms with E-state index >= 15 is 0 Å². The number of carbonyl (C=O) groups is 4. The molecule has 0 radical (unpaired) electrons. The molecule has 1 aromatic heterocycles. The summed E-state index contributed by atoms with van der Waals surface area (Å²) in [6.07, 6.45) is 1.17. The summed E-state index contributed by atoms with van der Waals surface area (Å²) in [5.74, 6) is -5.88. The van der Waals surface area contributed by atoms with Gasteiger partial charge in [-0.25, -0.2) is 8.78 Å². The number of amides is 3. The lowest BCUT2D eigenvalue weighted by Gasteiger charge is -2.32. The van der Waals surface area contributed by atoms with Crippen molar-refractivity contribution in [1.82, 2.24) is 20.9 Å². The lowest BCUT2D eigenvalue weighted by molar-refractivity contribution is -0.145. The molecule has 1 heterocycles. The van der Waals surface area contributed by atoms with E-state index in [0.717, 1.165) is 0 Å². The highest BCUT2D eigenvalue weighted by molar-refractivity contribution is 6.38. The number of Topliss-reactive ketones (excluding diaryl/α,β-unsaturated/α-hetero) is 1. The van der Waals surface area contributed by atoms with E-state index in [1.165, 1.54) is 13.8 Å². The fourth-order valence-corrected chi connectivity index (χ4v) is 3.97. The molecule has 0 saturated heterocycles. The molecule has 0 spiro atoms. The molecule has 1 aliphatic carbocycles. The summed E-state index contributed by atoms with van der Waals surface area (Å²) in [4.78, 5) is 55.9. The predicted octanol–water partition coefficient (Wildman–Crippen LogP) is 2.71. The topological polar surface area (TPSA) is 117 Å². The zero-order chi connectivity index (χ0) is 27.1. The van der Waals surface area contributed by atoms with Crippen molar-refractivity contribution >= 4 is 23.5 Å². The van der Waals surface area contributed by atoms with E-state index in [2.05, 4.69) is 20.9 Å². The maximum atomic E-state index is 13.4. The number of carbonyl (C=O) groups excluding carboxylic acids is 4. The molecule has 0 aliphatic heterocycles. The molecule has 1 saturated carbocycles. The largest absolute Gasteiger partial charge is 0.352 e. The molecular weight excluding hydrogens is 482 g/mol. The van der Waals surface area contributed by atoms with Crippen LogP contribution in [0.3, 0.4) is 0 Å². The number of hydrogen-bond acceptors (Lipinski definition) is 5. The first-order chi connectivity index (χ1) is 17.5. The first-order valence-electron chi connectivity index (χ1n) is 12.2. The summed E-state index contributed by atoms with van der Waals surface area (Å²) in [5, 5.41) is 7.77. The molecule has 0 bridgehead atoms. The van der Waals surface area contributed by atoms with Crippen LogP contribution >= 0.6 is 0 Å². The van der Waals surface area contributed by atoms with Crippen LogP contribution in [0, 0.1) is 5.41 Å². The minimum Gasteiger partial charge on any atom is -0.352 e. The Kier molecular flexibility index (Phi) is 9.07. The second kappa shape index (κ2) is 12.0. The summed E-state index contributed by atoms with van der Waals surface area (Å²) >= 11 is 0. The molecule has 198 valence electrons. The van der Waals surface area contributed by atoms with Crippen molar-refractivity contribution in [3.8, 4) is 0 Å². The molecule has 1 atom stereocenters. The van der Waals surface area contributed by atoms with Gasteiger partial charge in [0.25, 0.3) is 5.91 Å². The van der Waals surface area contributed by atoms with Crippen LogP contribution < -0.4 is 16.0 Å². The Labute approximate surface area is 214 Å². The van der Waals surface area contributed by atoms with Crippen LogP contribution in [0.1, 0.15) is 50.8 Å². The Morgan fingerprint density at radius 2 is 1.65 bits per heavy atom. The molecular formula is C27H32F2N4O4. The Balaban J connectivity index is 1.67. The SMILES string of the molecule is CC(C)(C(=O)NC1CCC(F)(F)CC1)C(=O)N[C@H](Cc1ccccc1)C(=O)C(=O)NCc1ccccn1. The molecule has 2 aromatic rings. The number of alkyl halides is 2. The highest BCUT2D eigenvalue weighted by Crippen LogP contribution is 2.33. The van der Waals surface area contributed by atoms with E-state index < -0.39 is 46.9 Å². The van der Waals surface area contributed by atoms with Crippen molar-refractivity contribution in [2.75, 3.05) is 0 Å². The first kappa shape index (κ1) is 27.9. The van der Waals surface area contributed by atoms with Crippen LogP contribution in [-0.4, -0.2) is 46.5 Å². The van der Waals surface area contributed by atoms with E-state index in [4.69, 9.17) is 0 Å². The monoisotopic (exact) mass is 514 g/mol. The third kappa shape index (κ3) is 7.90. The number of pyridine rings is 1. The van der Waals surface area contributed by atoms with Crippen LogP contribution in [0.15, 0.2) is 54.7 Å². The van der Waals surface area contributed by atoms with Crippen molar-refractivity contribution in [3.05, 3.63) is 66.0 Å². The molecule has 3 rings (SSSR count). The molecule has 1 aromatic carbocycles. The number of nitrogens with one attached hydrogen (secondary N) is 3. The fourth-order valence-electron chi connectivity index (χ4n) is 3.97. The van der Waals surface area contributed by atoms with Crippen LogP contribution in [0.4, 0.5) is 8.78 Å². The average Bonchev–Trinajstić information content (AvgIpc) is 2.88. The number of hydrogen-bond donors (Lipinski definition) is 3. The molecule has 1 fully saturated rings. The van der Waals surface area contributed by atoms with Gasteiger partial charge in [0.1, 0.15) is 11.5 Å². The molecule has 37 heavy (non-hydrogen) atoms. The number of rotatable bonds is 10. The molecule has 1 aliphatic rings. The smallest absolute Gasteiger partial charge is 0.289 e. The van der Waals surface area contributed by atoms with Crippen LogP contribution in [0.2, 0.25) is 0 Å². The van der Waals surface area contributed by atoms with Crippen LogP contribution in [0.5, 0.6) is 0 Å². The first-order valence-corrected chi connectivity index (χ1v) is 12.2. The van der Waals surface area contributed by atoms with E-state index in [1.54, 1.807) is 54.7 Å². The third-order valence-corrected chi connectivity index (χ3v) is 6.47. The van der Waals surface area contributed by atoms with Crippen LogP contribution in [0.25, 0.3) is 0 Å². The quantitative estimate of drug-likeness (QED) is 0.333. The van der Waals surface area contributed by atoms with Gasteiger partial charge in [0.15, 0.2) is 0 Å². The van der Waals surface area contributed by atoms with Crippen molar-refractivity contribution in [3.63, 3.8) is 0 Å². The number of nitrogens with zero attached hydrogens (tertiary/aromatic N) is 1. The molecule has 3 amide bonds. The van der Waals surface area contributed by atoms with Gasteiger partial charge in [0.05, 0.1) is 12.2 Å². The zero-order valence-corrected chi connectivity index (χ0v) is 20.9. The minimum atomic E-state index is -2.74. The van der Waals surface area contributed by atoms with Crippen molar-refractivity contribution in [2.24, 2.45) is 5.41 Å².